The van der Waals surface area contributed by atoms with Gasteiger partial charge in [0.25, 0.3) is 0 Å². The number of amides is 1. The summed E-state index contributed by atoms with van der Waals surface area (Å²) in [6.45, 7) is 20.0. The van der Waals surface area contributed by atoms with E-state index in [1.807, 2.05) is 4.90 Å². The number of hydrogen-bond donors (Lipinski definition) is 0. The molecule has 0 N–H and O–H groups in total. The third-order valence-corrected chi connectivity index (χ3v) is 10.3. The Balaban J connectivity index is 2.40. The lowest BCUT2D eigenvalue weighted by Gasteiger charge is -2.36. The Morgan fingerprint density at radius 1 is 1.30 bits per heavy atom. The van der Waals surface area contributed by atoms with Gasteiger partial charge in [0.2, 0.25) is 5.91 Å². The van der Waals surface area contributed by atoms with Crippen molar-refractivity contribution in [2.45, 2.75) is 72.5 Å². The van der Waals surface area contributed by atoms with Gasteiger partial charge in [-0.3, -0.25) is 4.79 Å². The monoisotopic (exact) mass is 339 g/mol. The van der Waals surface area contributed by atoms with Crippen LogP contribution in [0.2, 0.25) is 18.1 Å². The van der Waals surface area contributed by atoms with Gasteiger partial charge in [-0.15, -0.1) is 0 Å². The van der Waals surface area contributed by atoms with E-state index in [1.54, 1.807) is 0 Å². The minimum atomic E-state index is -1.63. The van der Waals surface area contributed by atoms with Crippen LogP contribution in [0.15, 0.2) is 12.2 Å². The molecule has 134 valence electrons. The molecule has 0 aromatic rings. The molecule has 0 radical (unpaired) electrons. The molecule has 1 fully saturated rings. The predicted molar refractivity (Wildman–Crippen MR) is 101 cm³/mol. The van der Waals surface area contributed by atoms with Crippen LogP contribution in [0.25, 0.3) is 0 Å². The Hall–Kier alpha value is -0.613. The van der Waals surface area contributed by atoms with E-state index in [2.05, 4.69) is 66.8 Å². The molecular formula is C19H37NO2Si. The molecule has 0 aliphatic heterocycles. The van der Waals surface area contributed by atoms with Crippen molar-refractivity contribution in [3.8, 4) is 0 Å². The first-order chi connectivity index (χ1) is 10.5. The van der Waals surface area contributed by atoms with Crippen LogP contribution in [0.3, 0.4) is 0 Å². The number of carbonyl (C=O) groups excluding carboxylic acids is 1. The van der Waals surface area contributed by atoms with E-state index in [4.69, 9.17) is 4.43 Å². The molecule has 3 nitrogen and oxygen atoms in total. The van der Waals surface area contributed by atoms with Crippen molar-refractivity contribution in [3.05, 3.63) is 12.2 Å². The summed E-state index contributed by atoms with van der Waals surface area (Å²) in [5.74, 6) is 0.721. The predicted octanol–water partition coefficient (Wildman–Crippen LogP) is 4.85. The maximum atomic E-state index is 12.5. The van der Waals surface area contributed by atoms with Crippen LogP contribution in [0.5, 0.6) is 0 Å². The number of carbonyl (C=O) groups is 1. The molecule has 1 amide bonds. The van der Waals surface area contributed by atoms with Crippen LogP contribution in [0.1, 0.15) is 54.4 Å². The summed E-state index contributed by atoms with van der Waals surface area (Å²) in [4.78, 5) is 14.5. The van der Waals surface area contributed by atoms with Gasteiger partial charge in [0, 0.05) is 19.7 Å². The van der Waals surface area contributed by atoms with Crippen molar-refractivity contribution in [2.24, 2.45) is 11.3 Å². The first kappa shape index (κ1) is 20.4. The minimum absolute atomic E-state index is 0.164. The largest absolute Gasteiger partial charge is 0.417 e. The Bertz CT molecular complexity index is 435. The molecule has 1 rings (SSSR count). The van der Waals surface area contributed by atoms with E-state index >= 15 is 0 Å². The summed E-state index contributed by atoms with van der Waals surface area (Å²) in [5.41, 5.74) is -0.164. The fraction of sp³-hybridized carbons (Fsp3) is 0.842. The van der Waals surface area contributed by atoms with E-state index in [-0.39, 0.29) is 10.5 Å². The highest BCUT2D eigenvalue weighted by molar-refractivity contribution is 6.74. The lowest BCUT2D eigenvalue weighted by atomic mass is 10.0. The van der Waals surface area contributed by atoms with E-state index in [9.17, 15) is 4.79 Å². The second kappa shape index (κ2) is 7.52. The van der Waals surface area contributed by atoms with Gasteiger partial charge in [-0.25, -0.2) is 0 Å². The first-order valence-electron chi connectivity index (χ1n) is 9.09. The molecule has 1 aliphatic carbocycles. The van der Waals surface area contributed by atoms with Crippen LogP contribution in [0, 0.1) is 11.3 Å². The molecule has 0 saturated heterocycles. The van der Waals surface area contributed by atoms with Gasteiger partial charge in [0.05, 0.1) is 5.41 Å². The van der Waals surface area contributed by atoms with E-state index in [0.29, 0.717) is 11.8 Å². The molecule has 0 heterocycles. The molecule has 1 aliphatic rings. The average Bonchev–Trinajstić information content (AvgIpc) is 3.10. The zero-order valence-electron chi connectivity index (χ0n) is 16.5. The summed E-state index contributed by atoms with van der Waals surface area (Å²) < 4.78 is 6.18. The van der Waals surface area contributed by atoms with Crippen molar-refractivity contribution in [1.29, 1.82) is 0 Å². The van der Waals surface area contributed by atoms with Gasteiger partial charge in [0.1, 0.15) is 0 Å². The second-order valence-electron chi connectivity index (χ2n) is 8.53. The molecule has 1 saturated carbocycles. The molecule has 0 spiro atoms. The van der Waals surface area contributed by atoms with E-state index in [1.165, 1.54) is 0 Å². The second-order valence-corrected chi connectivity index (χ2v) is 13.3. The zero-order valence-corrected chi connectivity index (χ0v) is 17.5. The van der Waals surface area contributed by atoms with Crippen LogP contribution >= 0.6 is 0 Å². The van der Waals surface area contributed by atoms with Crippen LogP contribution in [-0.2, 0) is 9.22 Å². The molecule has 23 heavy (non-hydrogen) atoms. The average molecular weight is 340 g/mol. The molecule has 4 heteroatoms. The number of nitrogens with zero attached hydrogens (tertiary/aromatic N) is 1. The number of allylic oxidation sites excluding steroid dienone is 1. The lowest BCUT2D eigenvalue weighted by Crippen LogP contribution is -2.40. The SMILES string of the molecule is CCN(CC)C(=O)[C@@]1(C)C[C@H]1/C=C/CCO[Si](C)(C)C(C)(C)C. The van der Waals surface area contributed by atoms with E-state index < -0.39 is 8.32 Å². The fourth-order valence-corrected chi connectivity index (χ4v) is 3.72. The summed E-state index contributed by atoms with van der Waals surface area (Å²) in [6, 6.07) is 0. The van der Waals surface area contributed by atoms with E-state index in [0.717, 1.165) is 32.5 Å². The smallest absolute Gasteiger partial charge is 0.229 e. The highest BCUT2D eigenvalue weighted by Crippen LogP contribution is 2.54. The number of hydrogen-bond acceptors (Lipinski definition) is 2. The third-order valence-electron chi connectivity index (χ3n) is 5.76. The van der Waals surface area contributed by atoms with Crippen molar-refractivity contribution < 1.29 is 9.22 Å². The standard InChI is InChI=1S/C19H37NO2Si/c1-9-20(10-2)17(21)19(6)15-16(19)13-11-12-14-22-23(7,8)18(3,4)5/h11,13,16H,9-10,12,14-15H2,1-8H3/b13-11+/t16-,19+/m1/s1. The zero-order chi connectivity index (χ0) is 17.9. The first-order valence-corrected chi connectivity index (χ1v) is 12.0. The Labute approximate surface area is 144 Å². The highest BCUT2D eigenvalue weighted by Gasteiger charge is 2.55. The van der Waals surface area contributed by atoms with Gasteiger partial charge >= 0.3 is 0 Å². The van der Waals surface area contributed by atoms with Crippen LogP contribution < -0.4 is 0 Å². The fourth-order valence-electron chi connectivity index (χ4n) is 2.66. The van der Waals surface area contributed by atoms with Crippen LogP contribution in [0.4, 0.5) is 0 Å². The molecular weight excluding hydrogens is 302 g/mol. The molecule has 0 aromatic carbocycles. The minimum Gasteiger partial charge on any atom is -0.417 e. The van der Waals surface area contributed by atoms with Gasteiger partial charge in [-0.1, -0.05) is 39.8 Å². The maximum Gasteiger partial charge on any atom is 0.229 e. The highest BCUT2D eigenvalue weighted by atomic mass is 28.4. The normalized spacial score (nSPS) is 25.0. The third kappa shape index (κ3) is 4.93. The summed E-state index contributed by atoms with van der Waals surface area (Å²) in [7, 11) is -1.63. The lowest BCUT2D eigenvalue weighted by molar-refractivity contribution is -0.136. The molecule has 0 unspecified atom stereocenters. The van der Waals surface area contributed by atoms with Gasteiger partial charge < -0.3 is 9.33 Å². The Kier molecular flexibility index (Phi) is 6.68. The summed E-state index contributed by atoms with van der Waals surface area (Å²) in [5, 5.41) is 0.266. The van der Waals surface area contributed by atoms with Gasteiger partial charge in [-0.2, -0.15) is 0 Å². The Morgan fingerprint density at radius 2 is 1.87 bits per heavy atom. The van der Waals surface area contributed by atoms with Crippen molar-refractivity contribution in [2.75, 3.05) is 19.7 Å². The van der Waals surface area contributed by atoms with Gasteiger partial charge in [0.15, 0.2) is 8.32 Å². The quantitative estimate of drug-likeness (QED) is 0.359. The Morgan fingerprint density at radius 3 is 2.35 bits per heavy atom. The van der Waals surface area contributed by atoms with Crippen molar-refractivity contribution >= 4 is 14.2 Å². The summed E-state index contributed by atoms with van der Waals surface area (Å²) in [6.07, 6.45) is 6.37. The number of rotatable bonds is 8. The summed E-state index contributed by atoms with van der Waals surface area (Å²) >= 11 is 0. The molecule has 0 aromatic heterocycles. The molecule has 2 atom stereocenters. The topological polar surface area (TPSA) is 29.5 Å². The van der Waals surface area contributed by atoms with Crippen LogP contribution in [-0.4, -0.2) is 38.8 Å². The molecule has 0 bridgehead atoms. The maximum absolute atomic E-state index is 12.5. The van der Waals surface area contributed by atoms with Gasteiger partial charge in [-0.05, 0) is 50.7 Å². The van der Waals surface area contributed by atoms with Crippen molar-refractivity contribution in [1.82, 2.24) is 4.90 Å². The van der Waals surface area contributed by atoms with Crippen molar-refractivity contribution in [3.63, 3.8) is 0 Å².